The van der Waals surface area contributed by atoms with Gasteiger partial charge in [0.15, 0.2) is 0 Å². The lowest BCUT2D eigenvalue weighted by molar-refractivity contribution is 0.0117. The van der Waals surface area contributed by atoms with Crippen LogP contribution in [0, 0.1) is 0 Å². The summed E-state index contributed by atoms with van der Waals surface area (Å²) in [5.74, 6) is -2.71. The highest BCUT2D eigenvalue weighted by Gasteiger charge is 2.27. The summed E-state index contributed by atoms with van der Waals surface area (Å²) in [6.45, 7) is 4.67. The molecule has 0 bridgehead atoms. The number of hydrogen-bond acceptors (Lipinski definition) is 2. The fraction of sp³-hybridized carbons (Fsp3) is 0.556. The fourth-order valence-corrected chi connectivity index (χ4v) is 0.912. The zero-order chi connectivity index (χ0) is 10.1. The van der Waals surface area contributed by atoms with Crippen LogP contribution in [0.25, 0.3) is 0 Å². The number of nitrogens with zero attached hydrogens (tertiary/aromatic N) is 2. The summed E-state index contributed by atoms with van der Waals surface area (Å²) >= 11 is 0. The van der Waals surface area contributed by atoms with Crippen molar-refractivity contribution in [2.75, 3.05) is 0 Å². The van der Waals surface area contributed by atoms with Crippen LogP contribution in [0.3, 0.4) is 0 Å². The van der Waals surface area contributed by atoms with E-state index in [4.69, 9.17) is 0 Å². The van der Waals surface area contributed by atoms with E-state index < -0.39 is 5.92 Å². The molecule has 0 atom stereocenters. The summed E-state index contributed by atoms with van der Waals surface area (Å²) in [6, 6.07) is 1.40. The smallest absolute Gasteiger partial charge is 0.200 e. The van der Waals surface area contributed by atoms with Gasteiger partial charge in [-0.2, -0.15) is 13.9 Å². The maximum Gasteiger partial charge on any atom is 0.288 e. The lowest BCUT2D eigenvalue weighted by Crippen LogP contribution is -2.11. The van der Waals surface area contributed by atoms with Gasteiger partial charge in [0.1, 0.15) is 5.69 Å². The van der Waals surface area contributed by atoms with Crippen LogP contribution in [0.1, 0.15) is 37.9 Å². The molecule has 0 saturated carbocycles. The molecule has 1 aromatic heterocycles. The quantitative estimate of drug-likeness (QED) is 0.709. The summed E-state index contributed by atoms with van der Waals surface area (Å²) in [5, 5.41) is 6.94. The minimum absolute atomic E-state index is 0.191. The van der Waals surface area contributed by atoms with E-state index in [9.17, 15) is 8.78 Å². The predicted molar refractivity (Wildman–Crippen MR) is 45.7 cm³/mol. The molecule has 0 aliphatic rings. The van der Waals surface area contributed by atoms with Crippen LogP contribution in [0.4, 0.5) is 8.78 Å². The third-order valence-electron chi connectivity index (χ3n) is 1.79. The fourth-order valence-electron chi connectivity index (χ4n) is 0.912. The minimum atomic E-state index is -2.90. The van der Waals surface area contributed by atoms with Crippen LogP contribution in [0.15, 0.2) is 12.3 Å². The Balaban J connectivity index is 3.06. The molecule has 4 heteroatoms. The van der Waals surface area contributed by atoms with Gasteiger partial charge in [-0.25, -0.2) is 0 Å². The Kier molecular flexibility index (Phi) is 2.59. The molecular weight excluding hydrogens is 174 g/mol. The molecule has 0 aliphatic heterocycles. The Morgan fingerprint density at radius 2 is 2.00 bits per heavy atom. The van der Waals surface area contributed by atoms with Crippen molar-refractivity contribution < 1.29 is 8.78 Å². The predicted octanol–water partition coefficient (Wildman–Crippen LogP) is 2.71. The largest absolute Gasteiger partial charge is 0.288 e. The van der Waals surface area contributed by atoms with Crippen LogP contribution in [0.2, 0.25) is 0 Å². The zero-order valence-electron chi connectivity index (χ0n) is 7.88. The van der Waals surface area contributed by atoms with Crippen molar-refractivity contribution in [1.29, 1.82) is 0 Å². The Morgan fingerprint density at radius 1 is 1.38 bits per heavy atom. The van der Waals surface area contributed by atoms with Gasteiger partial charge in [0.25, 0.3) is 5.92 Å². The second-order valence-corrected chi connectivity index (χ2v) is 3.42. The number of hydrogen-bond donors (Lipinski definition) is 0. The molecule has 0 saturated heterocycles. The highest BCUT2D eigenvalue weighted by molar-refractivity contribution is 5.18. The second kappa shape index (κ2) is 3.36. The van der Waals surface area contributed by atoms with E-state index in [1.54, 1.807) is 0 Å². The van der Waals surface area contributed by atoms with Gasteiger partial charge in [-0.1, -0.05) is 13.8 Å². The molecule has 0 aliphatic carbocycles. The second-order valence-electron chi connectivity index (χ2n) is 3.42. The Bertz CT molecular complexity index is 292. The number of halogens is 2. The summed E-state index contributed by atoms with van der Waals surface area (Å²) in [4.78, 5) is 0. The van der Waals surface area contributed by atoms with Crippen LogP contribution in [-0.4, -0.2) is 10.2 Å². The van der Waals surface area contributed by atoms with Crippen molar-refractivity contribution in [2.45, 2.75) is 32.6 Å². The van der Waals surface area contributed by atoms with E-state index in [1.807, 2.05) is 13.8 Å². The van der Waals surface area contributed by atoms with Crippen LogP contribution >= 0.6 is 0 Å². The SMILES string of the molecule is CC(C)c1cnnc(C(C)(F)F)c1. The molecule has 0 aromatic carbocycles. The van der Waals surface area contributed by atoms with Gasteiger partial charge < -0.3 is 0 Å². The molecule has 0 fully saturated rings. The first-order valence-electron chi connectivity index (χ1n) is 4.12. The standard InChI is InChI=1S/C9H12F2N2/c1-6(2)7-4-8(9(3,10)11)13-12-5-7/h4-6H,1-3H3. The average Bonchev–Trinajstić information content (AvgIpc) is 2.03. The van der Waals surface area contributed by atoms with Crippen molar-refractivity contribution in [3.8, 4) is 0 Å². The Morgan fingerprint density at radius 3 is 2.46 bits per heavy atom. The molecule has 13 heavy (non-hydrogen) atoms. The zero-order valence-corrected chi connectivity index (χ0v) is 7.88. The number of alkyl halides is 2. The summed E-state index contributed by atoms with van der Waals surface area (Å²) < 4.78 is 25.6. The summed E-state index contributed by atoms with van der Waals surface area (Å²) in [5.41, 5.74) is 0.519. The molecule has 0 amide bonds. The van der Waals surface area contributed by atoms with Crippen LogP contribution in [0.5, 0.6) is 0 Å². The first kappa shape index (κ1) is 10.0. The van der Waals surface area contributed by atoms with Crippen molar-refractivity contribution >= 4 is 0 Å². The van der Waals surface area contributed by atoms with Crippen molar-refractivity contribution in [1.82, 2.24) is 10.2 Å². The molecule has 1 heterocycles. The number of rotatable bonds is 2. The molecule has 0 unspecified atom stereocenters. The molecule has 0 radical (unpaired) electrons. The maximum atomic E-state index is 12.8. The summed E-state index contributed by atoms with van der Waals surface area (Å²) in [6.07, 6.45) is 1.51. The average molecular weight is 186 g/mol. The highest BCUT2D eigenvalue weighted by Crippen LogP contribution is 2.26. The third-order valence-corrected chi connectivity index (χ3v) is 1.79. The topological polar surface area (TPSA) is 25.8 Å². The van der Waals surface area contributed by atoms with E-state index in [-0.39, 0.29) is 11.6 Å². The summed E-state index contributed by atoms with van der Waals surface area (Å²) in [7, 11) is 0. The van der Waals surface area contributed by atoms with E-state index >= 15 is 0 Å². The van der Waals surface area contributed by atoms with Crippen molar-refractivity contribution in [2.24, 2.45) is 0 Å². The molecule has 0 spiro atoms. The molecule has 2 nitrogen and oxygen atoms in total. The molecule has 1 aromatic rings. The van der Waals surface area contributed by atoms with E-state index in [0.29, 0.717) is 0 Å². The molecular formula is C9H12F2N2. The third kappa shape index (κ3) is 2.44. The first-order chi connectivity index (χ1) is 5.91. The first-order valence-corrected chi connectivity index (χ1v) is 4.12. The Labute approximate surface area is 76.0 Å². The van der Waals surface area contributed by atoms with Crippen molar-refractivity contribution in [3.63, 3.8) is 0 Å². The van der Waals surface area contributed by atoms with Gasteiger partial charge >= 0.3 is 0 Å². The van der Waals surface area contributed by atoms with Gasteiger partial charge in [-0.15, -0.1) is 5.10 Å². The Hall–Kier alpha value is -1.06. The molecule has 1 rings (SSSR count). The van der Waals surface area contributed by atoms with E-state index in [1.165, 1.54) is 12.3 Å². The molecule has 0 N–H and O–H groups in total. The number of aromatic nitrogens is 2. The van der Waals surface area contributed by atoms with Crippen molar-refractivity contribution in [3.05, 3.63) is 23.5 Å². The van der Waals surface area contributed by atoms with Crippen LogP contribution in [-0.2, 0) is 5.92 Å². The van der Waals surface area contributed by atoms with Gasteiger partial charge in [-0.05, 0) is 17.5 Å². The lowest BCUT2D eigenvalue weighted by atomic mass is 10.0. The lowest BCUT2D eigenvalue weighted by Gasteiger charge is -2.10. The van der Waals surface area contributed by atoms with Gasteiger partial charge in [-0.3, -0.25) is 0 Å². The van der Waals surface area contributed by atoms with Crippen LogP contribution < -0.4 is 0 Å². The van der Waals surface area contributed by atoms with Gasteiger partial charge in [0.2, 0.25) is 0 Å². The highest BCUT2D eigenvalue weighted by atomic mass is 19.3. The monoisotopic (exact) mass is 186 g/mol. The van der Waals surface area contributed by atoms with E-state index in [2.05, 4.69) is 10.2 Å². The maximum absolute atomic E-state index is 12.8. The van der Waals surface area contributed by atoms with E-state index in [0.717, 1.165) is 12.5 Å². The normalized spacial score (nSPS) is 12.2. The molecule has 72 valence electrons. The minimum Gasteiger partial charge on any atom is -0.200 e. The van der Waals surface area contributed by atoms with Gasteiger partial charge in [0, 0.05) is 6.92 Å². The van der Waals surface area contributed by atoms with Gasteiger partial charge in [0.05, 0.1) is 6.20 Å².